The largest absolute Gasteiger partial charge is 0.477 e. The molecule has 4 aliphatic rings. The lowest BCUT2D eigenvalue weighted by atomic mass is 9.81. The van der Waals surface area contributed by atoms with Gasteiger partial charge in [0.15, 0.2) is 0 Å². The van der Waals surface area contributed by atoms with Gasteiger partial charge in [-0.1, -0.05) is 72.7 Å². The molecule has 0 spiro atoms. The molecule has 4 saturated carbocycles. The molecule has 15 nitrogen and oxygen atoms in total. The summed E-state index contributed by atoms with van der Waals surface area (Å²) in [6.07, 6.45) is 10.5. The highest BCUT2D eigenvalue weighted by Gasteiger charge is 2.40. The summed E-state index contributed by atoms with van der Waals surface area (Å²) < 4.78 is 21.6. The van der Waals surface area contributed by atoms with Crippen molar-refractivity contribution in [1.29, 1.82) is 0 Å². The van der Waals surface area contributed by atoms with E-state index < -0.39 is 37.9 Å². The van der Waals surface area contributed by atoms with Gasteiger partial charge in [0.1, 0.15) is 21.9 Å². The van der Waals surface area contributed by atoms with Crippen LogP contribution in [0.5, 0.6) is 0 Å². The maximum Gasteiger partial charge on any atom is 0.469 e. The Morgan fingerprint density at radius 2 is 0.986 bits per heavy atom. The van der Waals surface area contributed by atoms with E-state index in [1.54, 1.807) is 28.9 Å². The standard InChI is InChI=1S/C27H38N2O5S.C24H34NO7PS.CH4/c1-16(2)5-14-22-15-23(24(35-22)26(31)32)29(25(30)19-8-6-17(3)7-9-19)20-10-12-21(13-11-20)34-27(33)18(4)28;1-15(2)4-13-20-14-21(22(34-20)24(27)28)25(23(26)17-7-5-16(3)6-8-17)18-9-11-19(12-10-18)32-33(29,30)31;/h15-21H,6-13,28H2,1-4H3,(H,31,32);14-19H,5-12H2,1-3H3,(H,27,28)(H2,29,30,31);1H4/t17?,18-,19?,20?,21?;;/m0../s1. The minimum Gasteiger partial charge on any atom is -0.477 e. The molecule has 0 bridgehead atoms. The molecule has 0 saturated heterocycles. The van der Waals surface area contributed by atoms with Crippen LogP contribution in [-0.4, -0.2) is 80.1 Å². The average Bonchev–Trinajstić information content (AvgIpc) is 3.91. The Bertz CT molecular complexity index is 2280. The quantitative estimate of drug-likeness (QED) is 0.0757. The predicted octanol–water partition coefficient (Wildman–Crippen LogP) is 10.5. The fourth-order valence-electron chi connectivity index (χ4n) is 9.68. The molecule has 0 unspecified atom stereocenters. The molecule has 0 aliphatic heterocycles. The fraction of sp³-hybridized carbons (Fsp3) is 0.673. The second kappa shape index (κ2) is 26.6. The number of phosphoric acid groups is 1. The summed E-state index contributed by atoms with van der Waals surface area (Å²) >= 11 is 2.21. The van der Waals surface area contributed by atoms with Crippen LogP contribution in [0.25, 0.3) is 0 Å². The normalized spacial score (nSPS) is 25.0. The summed E-state index contributed by atoms with van der Waals surface area (Å²) in [6.45, 7) is 13.9. The van der Waals surface area contributed by atoms with Gasteiger partial charge in [-0.05, 0) is 134 Å². The van der Waals surface area contributed by atoms with Gasteiger partial charge in [-0.3, -0.25) is 18.9 Å². The van der Waals surface area contributed by atoms with Gasteiger partial charge < -0.3 is 40.3 Å². The maximum atomic E-state index is 13.9. The van der Waals surface area contributed by atoms with Gasteiger partial charge >= 0.3 is 25.7 Å². The number of carbonyl (C=O) groups is 5. The first-order chi connectivity index (χ1) is 32.5. The third kappa shape index (κ3) is 16.8. The Labute approximate surface area is 422 Å². The van der Waals surface area contributed by atoms with E-state index in [0.717, 1.165) is 74.0 Å². The molecule has 2 aromatic rings. The molecule has 70 heavy (non-hydrogen) atoms. The lowest BCUT2D eigenvalue weighted by Gasteiger charge is -2.39. The molecule has 0 radical (unpaired) electrons. The van der Waals surface area contributed by atoms with Crippen LogP contribution in [0.2, 0.25) is 0 Å². The van der Waals surface area contributed by atoms with Gasteiger partial charge in [-0.15, -0.1) is 22.7 Å². The number of thiophene rings is 2. The van der Waals surface area contributed by atoms with Crippen molar-refractivity contribution >= 4 is 71.6 Å². The first-order valence-electron chi connectivity index (χ1n) is 24.6. The highest BCUT2D eigenvalue weighted by atomic mass is 32.1. The minimum absolute atomic E-state index is 0. The van der Waals surface area contributed by atoms with E-state index in [1.807, 2.05) is 27.7 Å². The van der Waals surface area contributed by atoms with Crippen molar-refractivity contribution in [2.45, 2.75) is 189 Å². The number of carboxylic acid groups (broad SMARTS) is 2. The number of esters is 1. The third-order valence-corrected chi connectivity index (χ3v) is 16.1. The smallest absolute Gasteiger partial charge is 0.469 e. The molecule has 2 aromatic heterocycles. The van der Waals surface area contributed by atoms with Crippen LogP contribution in [0.4, 0.5) is 11.4 Å². The van der Waals surface area contributed by atoms with Crippen molar-refractivity contribution in [3.8, 4) is 23.7 Å². The number of phosphoric ester groups is 1. The first-order valence-corrected chi connectivity index (χ1v) is 27.8. The average molecular weight is 1030 g/mol. The molecule has 4 fully saturated rings. The Morgan fingerprint density at radius 1 is 0.629 bits per heavy atom. The molecule has 2 amide bonds. The highest BCUT2D eigenvalue weighted by Crippen LogP contribution is 2.44. The Balaban J connectivity index is 0.000000300. The van der Waals surface area contributed by atoms with Crippen molar-refractivity contribution < 1.29 is 57.8 Å². The van der Waals surface area contributed by atoms with Crippen LogP contribution in [0.3, 0.4) is 0 Å². The molecule has 1 atom stereocenters. The molecule has 2 heterocycles. The zero-order valence-corrected chi connectivity index (χ0v) is 43.6. The topological polar surface area (TPSA) is 234 Å². The van der Waals surface area contributed by atoms with Gasteiger partial charge in [0.25, 0.3) is 0 Å². The number of hydrogen-bond acceptors (Lipinski definition) is 11. The summed E-state index contributed by atoms with van der Waals surface area (Å²) in [6, 6.07) is 2.40. The number of rotatable bonds is 12. The second-order valence-electron chi connectivity index (χ2n) is 20.1. The predicted molar refractivity (Wildman–Crippen MR) is 275 cm³/mol. The van der Waals surface area contributed by atoms with Gasteiger partial charge in [0.2, 0.25) is 11.8 Å². The van der Waals surface area contributed by atoms with Crippen LogP contribution in [0.1, 0.15) is 188 Å². The Hall–Kier alpha value is -4.06. The van der Waals surface area contributed by atoms with E-state index in [2.05, 4.69) is 37.5 Å². The van der Waals surface area contributed by atoms with E-state index in [9.17, 15) is 38.8 Å². The number of amides is 2. The molecule has 388 valence electrons. The summed E-state index contributed by atoms with van der Waals surface area (Å²) in [7, 11) is -4.59. The third-order valence-electron chi connectivity index (χ3n) is 13.5. The lowest BCUT2D eigenvalue weighted by molar-refractivity contribution is -0.152. The molecule has 18 heteroatoms. The van der Waals surface area contributed by atoms with Crippen LogP contribution < -0.4 is 15.5 Å². The number of ether oxygens (including phenoxy) is 1. The Morgan fingerprint density at radius 3 is 1.30 bits per heavy atom. The van der Waals surface area contributed by atoms with Gasteiger partial charge in [-0.2, -0.15) is 0 Å². The van der Waals surface area contributed by atoms with Gasteiger partial charge in [0, 0.05) is 35.8 Å². The van der Waals surface area contributed by atoms with E-state index in [1.165, 1.54) is 0 Å². The Kier molecular flexibility index (Phi) is 22.2. The van der Waals surface area contributed by atoms with Crippen LogP contribution >= 0.6 is 30.5 Å². The number of carboxylic acids is 2. The van der Waals surface area contributed by atoms with Crippen LogP contribution in [0.15, 0.2) is 12.1 Å². The van der Waals surface area contributed by atoms with Crippen molar-refractivity contribution in [2.75, 3.05) is 9.80 Å². The SMILES string of the molecule is C.CC(C)C#Cc1cc(N(C(=O)C2CCC(C)CC2)C2CCC(OC(=O)[C@H](C)N)CC2)c(C(=O)O)s1.CC(C)C#Cc1cc(N(C(=O)C2CCC(C)CC2)C2CCC(OP(=O)(O)O)CC2)c(C(=O)O)s1. The molecule has 4 aliphatic carbocycles. The number of aromatic carboxylic acids is 2. The summed E-state index contributed by atoms with van der Waals surface area (Å²) in [5, 5.41) is 19.9. The second-order valence-corrected chi connectivity index (χ2v) is 23.4. The number of carbonyl (C=O) groups excluding carboxylic acids is 3. The number of nitrogens with two attached hydrogens (primary N) is 1. The maximum absolute atomic E-state index is 13.9. The van der Waals surface area contributed by atoms with Gasteiger partial charge in [-0.25, -0.2) is 14.2 Å². The number of nitrogens with zero attached hydrogens (tertiary/aromatic N) is 2. The van der Waals surface area contributed by atoms with Crippen LogP contribution in [-0.2, 0) is 28.2 Å². The lowest BCUT2D eigenvalue weighted by Crippen LogP contribution is -2.47. The molecule has 6 rings (SSSR count). The molecule has 6 N–H and O–H groups in total. The van der Waals surface area contributed by atoms with E-state index in [0.29, 0.717) is 84.3 Å². The highest BCUT2D eigenvalue weighted by molar-refractivity contribution is 7.46. The minimum atomic E-state index is -4.59. The van der Waals surface area contributed by atoms with E-state index in [-0.39, 0.29) is 70.9 Å². The van der Waals surface area contributed by atoms with Crippen LogP contribution in [0, 0.1) is 59.2 Å². The summed E-state index contributed by atoms with van der Waals surface area (Å²) in [5.41, 5.74) is 6.47. The zero-order chi connectivity index (χ0) is 50.7. The van der Waals surface area contributed by atoms with Crippen molar-refractivity contribution in [3.05, 3.63) is 31.6 Å². The summed E-state index contributed by atoms with van der Waals surface area (Å²) in [5.74, 6) is 10.9. The molecular weight excluding hydrogens is 954 g/mol. The number of anilines is 2. The van der Waals surface area contributed by atoms with Crippen molar-refractivity contribution in [2.24, 2.45) is 41.2 Å². The monoisotopic (exact) mass is 1030 g/mol. The van der Waals surface area contributed by atoms with Crippen molar-refractivity contribution in [1.82, 2.24) is 0 Å². The molecular formula is C52H76N3O12PS2. The molecule has 0 aromatic carbocycles. The zero-order valence-electron chi connectivity index (χ0n) is 41.1. The first kappa shape index (κ1) is 58.5. The van der Waals surface area contributed by atoms with Gasteiger partial charge in [0.05, 0.1) is 27.2 Å². The summed E-state index contributed by atoms with van der Waals surface area (Å²) in [4.78, 5) is 87.2. The fourth-order valence-corrected chi connectivity index (χ4v) is 12.0. The van der Waals surface area contributed by atoms with Crippen molar-refractivity contribution in [3.63, 3.8) is 0 Å². The van der Waals surface area contributed by atoms with E-state index in [4.69, 9.17) is 24.8 Å². The number of hydrogen-bond donors (Lipinski definition) is 5. The van der Waals surface area contributed by atoms with E-state index >= 15 is 0 Å².